The van der Waals surface area contributed by atoms with E-state index in [4.69, 9.17) is 20.4 Å². The minimum Gasteiger partial charge on any atom is -0.383 e. The van der Waals surface area contributed by atoms with E-state index >= 15 is 0 Å². The second-order valence-electron chi connectivity index (χ2n) is 10.2. The van der Waals surface area contributed by atoms with Crippen LogP contribution in [0, 0.1) is 5.92 Å². The smallest absolute Gasteiger partial charge is 0.146 e. The van der Waals surface area contributed by atoms with E-state index in [1.165, 1.54) is 42.2 Å². The fourth-order valence-electron chi connectivity index (χ4n) is 6.13. The van der Waals surface area contributed by atoms with Crippen molar-refractivity contribution < 1.29 is 4.74 Å². The summed E-state index contributed by atoms with van der Waals surface area (Å²) >= 11 is 0. The van der Waals surface area contributed by atoms with Gasteiger partial charge < -0.3 is 20.4 Å². The number of aromatic nitrogens is 4. The highest BCUT2D eigenvalue weighted by atomic mass is 16.5. The van der Waals surface area contributed by atoms with Crippen molar-refractivity contribution in [3.8, 4) is 0 Å². The summed E-state index contributed by atoms with van der Waals surface area (Å²) in [7, 11) is 1.91. The first-order chi connectivity index (χ1) is 17.2. The lowest BCUT2D eigenvalue weighted by atomic mass is 9.92. The average Bonchev–Trinajstić information content (AvgIpc) is 3.53. The van der Waals surface area contributed by atoms with Crippen molar-refractivity contribution in [2.75, 3.05) is 31.3 Å². The van der Waals surface area contributed by atoms with Crippen molar-refractivity contribution in [3.05, 3.63) is 54.0 Å². The summed E-state index contributed by atoms with van der Waals surface area (Å²) in [4.78, 5) is 13.7. The molecule has 1 saturated carbocycles. The largest absolute Gasteiger partial charge is 0.383 e. The zero-order valence-electron chi connectivity index (χ0n) is 20.4. The molecule has 2 fully saturated rings. The Morgan fingerprint density at radius 2 is 1.94 bits per heavy atom. The van der Waals surface area contributed by atoms with Gasteiger partial charge in [0.1, 0.15) is 23.6 Å². The fraction of sp³-hybridized carbons (Fsp3) is 0.464. The molecular weight excluding hydrogens is 436 g/mol. The Balaban J connectivity index is 1.18. The van der Waals surface area contributed by atoms with Gasteiger partial charge in [0.25, 0.3) is 0 Å². The molecule has 6 rings (SSSR count). The van der Waals surface area contributed by atoms with Crippen molar-refractivity contribution in [2.24, 2.45) is 5.92 Å². The number of anilines is 2. The highest BCUT2D eigenvalue weighted by molar-refractivity contribution is 5.90. The molecule has 0 radical (unpaired) electrons. The predicted octanol–water partition coefficient (Wildman–Crippen LogP) is 5.47. The lowest BCUT2D eigenvalue weighted by Gasteiger charge is -2.21. The first-order valence-electron chi connectivity index (χ1n) is 13.0. The molecule has 0 unspecified atom stereocenters. The molecule has 3 aromatic heterocycles. The van der Waals surface area contributed by atoms with Gasteiger partial charge in [-0.2, -0.15) is 0 Å². The molecule has 7 heteroatoms. The molecule has 0 spiro atoms. The summed E-state index contributed by atoms with van der Waals surface area (Å²) in [5.74, 6) is 2.71. The summed E-state index contributed by atoms with van der Waals surface area (Å²) < 4.78 is 8.02. The molecule has 3 N–H and O–H groups in total. The Morgan fingerprint density at radius 1 is 1.09 bits per heavy atom. The van der Waals surface area contributed by atoms with E-state index in [2.05, 4.69) is 45.3 Å². The number of nitrogens with zero attached hydrogens (tertiary/aromatic N) is 4. The summed E-state index contributed by atoms with van der Waals surface area (Å²) in [6, 6.07) is 11.3. The van der Waals surface area contributed by atoms with E-state index < -0.39 is 0 Å². The van der Waals surface area contributed by atoms with Crippen LogP contribution in [-0.2, 0) is 11.2 Å². The predicted molar refractivity (Wildman–Crippen MR) is 141 cm³/mol. The zero-order valence-corrected chi connectivity index (χ0v) is 20.4. The minimum absolute atomic E-state index is 0.474. The molecule has 0 amide bonds. The standard InChI is InChI=1S/C28H34N6O/c1-30-25-9-7-21-6-4-19(15-24(21)33-25)3-2-18-5-8-22(14-18)34-16-23(20-10-12-35-13-11-20)26-27(29)31-17-32-28(26)34/h4,6-7,9,15-18,20,22H,2-3,5,8,10-14H2,1H3,(H,30,33)(H2,29,31,32)/t18-,22+/m1/s1. The lowest BCUT2D eigenvalue weighted by Crippen LogP contribution is -2.14. The van der Waals surface area contributed by atoms with E-state index in [9.17, 15) is 0 Å². The number of hydrogen-bond acceptors (Lipinski definition) is 6. The molecule has 1 saturated heterocycles. The average molecular weight is 471 g/mol. The third-order valence-electron chi connectivity index (χ3n) is 8.09. The topological polar surface area (TPSA) is 90.9 Å². The van der Waals surface area contributed by atoms with Gasteiger partial charge in [-0.1, -0.05) is 12.1 Å². The van der Waals surface area contributed by atoms with Crippen LogP contribution in [0.15, 0.2) is 42.9 Å². The molecule has 0 bridgehead atoms. The van der Waals surface area contributed by atoms with Gasteiger partial charge in [0, 0.05) is 37.9 Å². The van der Waals surface area contributed by atoms with Crippen LogP contribution < -0.4 is 11.1 Å². The van der Waals surface area contributed by atoms with Gasteiger partial charge >= 0.3 is 0 Å². The molecule has 1 aliphatic heterocycles. The van der Waals surface area contributed by atoms with Crippen LogP contribution in [0.25, 0.3) is 21.9 Å². The summed E-state index contributed by atoms with van der Waals surface area (Å²) in [5, 5.41) is 5.39. The normalized spacial score (nSPS) is 21.2. The van der Waals surface area contributed by atoms with E-state index in [0.29, 0.717) is 17.8 Å². The van der Waals surface area contributed by atoms with Crippen LogP contribution in [0.3, 0.4) is 0 Å². The first-order valence-corrected chi connectivity index (χ1v) is 13.0. The number of pyridine rings is 1. The number of nitrogens with one attached hydrogen (secondary N) is 1. The number of hydrogen-bond donors (Lipinski definition) is 2. The Morgan fingerprint density at radius 3 is 2.80 bits per heavy atom. The maximum Gasteiger partial charge on any atom is 0.146 e. The fourth-order valence-corrected chi connectivity index (χ4v) is 6.13. The third-order valence-corrected chi connectivity index (χ3v) is 8.09. The van der Waals surface area contributed by atoms with Gasteiger partial charge in [0.05, 0.1) is 10.9 Å². The van der Waals surface area contributed by atoms with Gasteiger partial charge in [-0.15, -0.1) is 0 Å². The van der Waals surface area contributed by atoms with Crippen molar-refractivity contribution in [1.29, 1.82) is 0 Å². The van der Waals surface area contributed by atoms with Crippen LogP contribution in [0.5, 0.6) is 0 Å². The van der Waals surface area contributed by atoms with E-state index in [-0.39, 0.29) is 0 Å². The van der Waals surface area contributed by atoms with Gasteiger partial charge in [0.15, 0.2) is 0 Å². The number of nitrogens with two attached hydrogens (primary N) is 1. The molecule has 2 aliphatic rings. The molecule has 2 atom stereocenters. The number of aryl methyl sites for hydroxylation is 1. The summed E-state index contributed by atoms with van der Waals surface area (Å²) in [6.07, 6.45) is 12.0. The monoisotopic (exact) mass is 470 g/mol. The Bertz CT molecular complexity index is 1340. The van der Waals surface area contributed by atoms with Gasteiger partial charge in [-0.05, 0) is 86.1 Å². The minimum atomic E-state index is 0.474. The van der Waals surface area contributed by atoms with Crippen molar-refractivity contribution in [3.63, 3.8) is 0 Å². The molecule has 1 aromatic carbocycles. The van der Waals surface area contributed by atoms with Gasteiger partial charge in [-0.3, -0.25) is 0 Å². The highest BCUT2D eigenvalue weighted by Crippen LogP contribution is 2.42. The highest BCUT2D eigenvalue weighted by Gasteiger charge is 2.30. The van der Waals surface area contributed by atoms with Crippen molar-refractivity contribution >= 4 is 33.6 Å². The molecule has 1 aliphatic carbocycles. The second-order valence-corrected chi connectivity index (χ2v) is 10.2. The van der Waals surface area contributed by atoms with Crippen molar-refractivity contribution in [1.82, 2.24) is 19.5 Å². The van der Waals surface area contributed by atoms with Crippen LogP contribution in [0.1, 0.15) is 61.6 Å². The molecular formula is C28H34N6O. The quantitative estimate of drug-likeness (QED) is 0.388. The number of fused-ring (bicyclic) bond motifs is 2. The Kier molecular flexibility index (Phi) is 6.02. The molecule has 4 heterocycles. The molecule has 182 valence electrons. The van der Waals surface area contributed by atoms with Gasteiger partial charge in [-0.25, -0.2) is 15.0 Å². The van der Waals surface area contributed by atoms with Crippen LogP contribution in [0.4, 0.5) is 11.6 Å². The maximum atomic E-state index is 6.37. The molecule has 4 aromatic rings. The van der Waals surface area contributed by atoms with Gasteiger partial charge in [0.2, 0.25) is 0 Å². The first kappa shape index (κ1) is 22.3. The van der Waals surface area contributed by atoms with E-state index in [1.54, 1.807) is 6.33 Å². The van der Waals surface area contributed by atoms with Crippen LogP contribution in [-0.4, -0.2) is 39.8 Å². The zero-order chi connectivity index (χ0) is 23.8. The lowest BCUT2D eigenvalue weighted by molar-refractivity contribution is 0.0855. The molecule has 7 nitrogen and oxygen atoms in total. The molecule has 35 heavy (non-hydrogen) atoms. The summed E-state index contributed by atoms with van der Waals surface area (Å²) in [6.45, 7) is 1.63. The summed E-state index contributed by atoms with van der Waals surface area (Å²) in [5.41, 5.74) is 11.1. The van der Waals surface area contributed by atoms with Crippen LogP contribution in [0.2, 0.25) is 0 Å². The van der Waals surface area contributed by atoms with Crippen molar-refractivity contribution in [2.45, 2.75) is 56.9 Å². The number of rotatable bonds is 6. The Hall–Kier alpha value is -3.19. The number of benzene rings is 1. The number of ether oxygens (including phenoxy) is 1. The Labute approximate surface area is 206 Å². The van der Waals surface area contributed by atoms with E-state index in [1.807, 2.05) is 13.1 Å². The maximum absolute atomic E-state index is 6.37. The van der Waals surface area contributed by atoms with E-state index in [0.717, 1.165) is 60.8 Å². The second kappa shape index (κ2) is 9.46. The number of nitrogen functional groups attached to an aromatic ring is 1. The third kappa shape index (κ3) is 4.33. The SMILES string of the molecule is CNc1ccc2ccc(CC[C@@H]3CC[C@H](n4cc(C5CCOCC5)c5c(N)ncnc54)C3)cc2n1. The van der Waals surface area contributed by atoms with Crippen LogP contribution >= 0.6 is 0 Å².